The molecule has 4 rings (SSSR count). The summed E-state index contributed by atoms with van der Waals surface area (Å²) in [6, 6.07) is -1.01. The van der Waals surface area contributed by atoms with E-state index in [1.165, 1.54) is 38.0 Å². The number of halogens is 3. The molecule has 1 aliphatic heterocycles. The van der Waals surface area contributed by atoms with E-state index in [4.69, 9.17) is 0 Å². The van der Waals surface area contributed by atoms with Crippen molar-refractivity contribution in [2.45, 2.75) is 39.0 Å². The first-order valence-electron chi connectivity index (χ1n) is 10.5. The standard InChI is InChI=1S/C21H19F3N8O4/c1-10(33)8-31-18(35)14-16(30(3)20(31)36)28-9-32(14)11(2)17(34)29-15-13(4-5-25-15)12-6-26-19(27-7-12)21(22,23)24/h5-7,9,11H,4,8H2,1-3H3,(H,29,34)/t11-/m0/s1. The number of aryl methyl sites for hydroxylation is 1. The van der Waals surface area contributed by atoms with Crippen LogP contribution in [-0.4, -0.2) is 46.6 Å². The number of carbonyl (C=O) groups excluding carboxylic acids is 2. The van der Waals surface area contributed by atoms with Crippen LogP contribution in [0.3, 0.4) is 0 Å². The predicted octanol–water partition coefficient (Wildman–Crippen LogP) is 0.815. The minimum absolute atomic E-state index is 0.0325. The third-order valence-corrected chi connectivity index (χ3v) is 5.53. The molecule has 3 aromatic rings. The lowest BCUT2D eigenvalue weighted by Crippen LogP contribution is -2.41. The number of fused-ring (bicyclic) bond motifs is 1. The monoisotopic (exact) mass is 504 g/mol. The van der Waals surface area contributed by atoms with E-state index in [0.29, 0.717) is 5.57 Å². The number of allylic oxidation sites excluding steroid dienone is 1. The molecule has 0 aliphatic carbocycles. The second-order valence-corrected chi connectivity index (χ2v) is 8.06. The van der Waals surface area contributed by atoms with Crippen LogP contribution in [0, 0.1) is 0 Å². The maximum Gasteiger partial charge on any atom is 0.451 e. The number of hydrogen-bond donors (Lipinski definition) is 1. The number of amides is 1. The van der Waals surface area contributed by atoms with Crippen LogP contribution in [-0.2, 0) is 29.4 Å². The number of alkyl halides is 3. The summed E-state index contributed by atoms with van der Waals surface area (Å²) in [7, 11) is 1.39. The van der Waals surface area contributed by atoms with Crippen molar-refractivity contribution in [1.29, 1.82) is 0 Å². The topological polar surface area (TPSA) is 146 Å². The molecule has 1 atom stereocenters. The van der Waals surface area contributed by atoms with E-state index in [9.17, 15) is 32.3 Å². The quantitative estimate of drug-likeness (QED) is 0.523. The average Bonchev–Trinajstić information content (AvgIpc) is 3.47. The molecule has 36 heavy (non-hydrogen) atoms. The lowest BCUT2D eigenvalue weighted by molar-refractivity contribution is -0.145. The number of rotatable bonds is 6. The fourth-order valence-corrected chi connectivity index (χ4v) is 3.69. The summed E-state index contributed by atoms with van der Waals surface area (Å²) in [4.78, 5) is 64.9. The highest BCUT2D eigenvalue weighted by molar-refractivity contribution is 5.91. The van der Waals surface area contributed by atoms with E-state index in [1.807, 2.05) is 0 Å². The van der Waals surface area contributed by atoms with Crippen LogP contribution >= 0.6 is 0 Å². The molecular formula is C21H19F3N8O4. The minimum Gasteiger partial charge on any atom is -0.312 e. The zero-order valence-electron chi connectivity index (χ0n) is 19.2. The molecule has 0 saturated carbocycles. The highest BCUT2D eigenvalue weighted by atomic mass is 19.4. The molecule has 1 aliphatic rings. The van der Waals surface area contributed by atoms with Crippen LogP contribution in [0.2, 0.25) is 0 Å². The van der Waals surface area contributed by atoms with Gasteiger partial charge in [-0.05, 0) is 13.8 Å². The summed E-state index contributed by atoms with van der Waals surface area (Å²) < 4.78 is 41.4. The van der Waals surface area contributed by atoms with Gasteiger partial charge in [0.25, 0.3) is 5.56 Å². The fourth-order valence-electron chi connectivity index (χ4n) is 3.69. The van der Waals surface area contributed by atoms with Gasteiger partial charge in [0, 0.05) is 43.2 Å². The van der Waals surface area contributed by atoms with E-state index in [2.05, 4.69) is 25.3 Å². The molecule has 15 heteroatoms. The first-order chi connectivity index (χ1) is 16.9. The van der Waals surface area contributed by atoms with E-state index in [1.54, 1.807) is 0 Å². The summed E-state index contributed by atoms with van der Waals surface area (Å²) in [5, 5.41) is 2.60. The van der Waals surface area contributed by atoms with Gasteiger partial charge in [-0.3, -0.25) is 23.5 Å². The Morgan fingerprint density at radius 2 is 1.83 bits per heavy atom. The van der Waals surface area contributed by atoms with Gasteiger partial charge < -0.3 is 9.88 Å². The Hall–Kier alpha value is -4.43. The molecular weight excluding hydrogens is 485 g/mol. The van der Waals surface area contributed by atoms with Gasteiger partial charge >= 0.3 is 11.9 Å². The van der Waals surface area contributed by atoms with Crippen molar-refractivity contribution in [2.24, 2.45) is 12.0 Å². The molecule has 0 bridgehead atoms. The van der Waals surface area contributed by atoms with Crippen molar-refractivity contribution in [2.75, 3.05) is 0 Å². The van der Waals surface area contributed by atoms with E-state index < -0.39 is 47.5 Å². The molecule has 1 N–H and O–H groups in total. The van der Waals surface area contributed by atoms with Gasteiger partial charge in [-0.25, -0.2) is 24.7 Å². The largest absolute Gasteiger partial charge is 0.451 e. The second-order valence-electron chi connectivity index (χ2n) is 8.06. The van der Waals surface area contributed by atoms with Gasteiger partial charge in [0.05, 0.1) is 12.9 Å². The maximum absolute atomic E-state index is 13.1. The molecule has 0 radical (unpaired) electrons. The van der Waals surface area contributed by atoms with E-state index in [0.717, 1.165) is 21.5 Å². The zero-order valence-corrected chi connectivity index (χ0v) is 19.2. The molecule has 12 nitrogen and oxygen atoms in total. The minimum atomic E-state index is -4.69. The third-order valence-electron chi connectivity index (χ3n) is 5.53. The number of Topliss-reactive ketones (excluding diaryl/α,β-unsaturated/α-hetero) is 1. The number of aromatic nitrogens is 6. The Balaban J connectivity index is 1.67. The number of aliphatic imine (C=N–C) groups is 1. The molecule has 188 valence electrons. The van der Waals surface area contributed by atoms with Gasteiger partial charge in [-0.1, -0.05) is 0 Å². The molecule has 4 heterocycles. The van der Waals surface area contributed by atoms with Crippen molar-refractivity contribution < 1.29 is 22.8 Å². The van der Waals surface area contributed by atoms with Gasteiger partial charge in [-0.2, -0.15) is 13.2 Å². The van der Waals surface area contributed by atoms with Gasteiger partial charge in [0.15, 0.2) is 11.2 Å². The van der Waals surface area contributed by atoms with Gasteiger partial charge in [0.2, 0.25) is 11.7 Å². The number of carbonyl (C=O) groups is 2. The van der Waals surface area contributed by atoms with Crippen LogP contribution in [0.1, 0.15) is 37.7 Å². The Morgan fingerprint density at radius 3 is 2.44 bits per heavy atom. The molecule has 3 aromatic heterocycles. The summed E-state index contributed by atoms with van der Waals surface area (Å²) in [6.45, 7) is 2.28. The molecule has 0 saturated heterocycles. The molecule has 0 spiro atoms. The number of imidazole rings is 1. The number of nitrogens with one attached hydrogen (secondary N) is 1. The number of ketones is 1. The normalized spacial score (nSPS) is 14.5. The van der Waals surface area contributed by atoms with Crippen LogP contribution in [0.4, 0.5) is 13.2 Å². The van der Waals surface area contributed by atoms with Crippen molar-refractivity contribution in [3.05, 3.63) is 56.8 Å². The third kappa shape index (κ3) is 4.34. The lowest BCUT2D eigenvalue weighted by Gasteiger charge is -2.16. The van der Waals surface area contributed by atoms with Crippen LogP contribution in [0.25, 0.3) is 16.7 Å². The summed E-state index contributed by atoms with van der Waals surface area (Å²) in [6.07, 6.45) is 0.227. The summed E-state index contributed by atoms with van der Waals surface area (Å²) in [5.74, 6) is -2.21. The Bertz CT molecular complexity index is 1560. The Morgan fingerprint density at radius 1 is 1.17 bits per heavy atom. The second kappa shape index (κ2) is 8.98. The molecule has 0 aromatic carbocycles. The highest BCUT2D eigenvalue weighted by Crippen LogP contribution is 2.29. The van der Waals surface area contributed by atoms with Crippen molar-refractivity contribution in [1.82, 2.24) is 34.0 Å². The van der Waals surface area contributed by atoms with E-state index in [-0.39, 0.29) is 29.0 Å². The zero-order chi connectivity index (χ0) is 26.4. The maximum atomic E-state index is 13.1. The molecule has 1 amide bonds. The average molecular weight is 504 g/mol. The fraction of sp³-hybridized carbons (Fsp3) is 0.333. The number of hydrogen-bond acceptors (Lipinski definition) is 8. The lowest BCUT2D eigenvalue weighted by atomic mass is 10.1. The smallest absolute Gasteiger partial charge is 0.312 e. The van der Waals surface area contributed by atoms with Gasteiger partial charge in [-0.15, -0.1) is 0 Å². The Labute approximate surface area is 199 Å². The SMILES string of the molecule is CC(=O)Cn1c(=O)c2c(ncn2[C@@H](C)C(=O)NC2=C(c3cnc(C(F)(F)F)nc3)CC=N2)n(C)c1=O. The van der Waals surface area contributed by atoms with Crippen LogP contribution in [0.5, 0.6) is 0 Å². The highest BCUT2D eigenvalue weighted by Gasteiger charge is 2.34. The summed E-state index contributed by atoms with van der Waals surface area (Å²) in [5.41, 5.74) is -0.865. The van der Waals surface area contributed by atoms with E-state index >= 15 is 0 Å². The van der Waals surface area contributed by atoms with Crippen LogP contribution in [0.15, 0.2) is 39.1 Å². The summed E-state index contributed by atoms with van der Waals surface area (Å²) >= 11 is 0. The first kappa shape index (κ1) is 24.7. The van der Waals surface area contributed by atoms with Crippen molar-refractivity contribution in [3.8, 4) is 0 Å². The predicted molar refractivity (Wildman–Crippen MR) is 120 cm³/mol. The van der Waals surface area contributed by atoms with Crippen molar-refractivity contribution in [3.63, 3.8) is 0 Å². The molecule has 0 unspecified atom stereocenters. The van der Waals surface area contributed by atoms with Crippen LogP contribution < -0.4 is 16.6 Å². The Kier molecular flexibility index (Phi) is 6.16. The first-order valence-corrected chi connectivity index (χ1v) is 10.5. The van der Waals surface area contributed by atoms with Crippen molar-refractivity contribution >= 4 is 34.6 Å². The molecule has 0 fully saturated rings. The number of nitrogens with zero attached hydrogens (tertiary/aromatic N) is 7. The van der Waals surface area contributed by atoms with Gasteiger partial charge in [0.1, 0.15) is 17.6 Å².